The average molecular weight is 256 g/mol. The standard InChI is InChI=1S/C10H7Cl2N3O/c11-6-1-3-7(4-2-6)16-8-5-14-10(13)15-9(8)12/h1-5H,(H2,13,14,15). The minimum Gasteiger partial charge on any atom is -0.452 e. The topological polar surface area (TPSA) is 61.0 Å². The van der Waals surface area contributed by atoms with Crippen LogP contribution < -0.4 is 10.5 Å². The van der Waals surface area contributed by atoms with Crippen LogP contribution in [0, 0.1) is 0 Å². The number of rotatable bonds is 2. The molecule has 0 saturated carbocycles. The zero-order chi connectivity index (χ0) is 11.5. The lowest BCUT2D eigenvalue weighted by Gasteiger charge is -2.06. The van der Waals surface area contributed by atoms with Crippen molar-refractivity contribution in [2.75, 3.05) is 5.73 Å². The second kappa shape index (κ2) is 4.55. The molecule has 0 spiro atoms. The number of nitrogens with two attached hydrogens (primary N) is 1. The second-order valence-corrected chi connectivity index (χ2v) is 3.73. The normalized spacial score (nSPS) is 10.1. The first-order valence-electron chi connectivity index (χ1n) is 4.36. The highest BCUT2D eigenvalue weighted by Crippen LogP contribution is 2.27. The van der Waals surface area contributed by atoms with Crippen LogP contribution in [-0.2, 0) is 0 Å². The van der Waals surface area contributed by atoms with E-state index >= 15 is 0 Å². The molecule has 4 nitrogen and oxygen atoms in total. The van der Waals surface area contributed by atoms with Gasteiger partial charge in [-0.2, -0.15) is 4.98 Å². The fraction of sp³-hybridized carbons (Fsp3) is 0. The Bertz CT molecular complexity index is 502. The summed E-state index contributed by atoms with van der Waals surface area (Å²) in [5.74, 6) is 1.05. The summed E-state index contributed by atoms with van der Waals surface area (Å²) < 4.78 is 5.45. The van der Waals surface area contributed by atoms with Gasteiger partial charge in [-0.15, -0.1) is 0 Å². The predicted octanol–water partition coefficient (Wildman–Crippen LogP) is 3.16. The monoisotopic (exact) mass is 255 g/mol. The Hall–Kier alpha value is -1.52. The van der Waals surface area contributed by atoms with Crippen molar-refractivity contribution in [2.45, 2.75) is 0 Å². The molecule has 16 heavy (non-hydrogen) atoms. The van der Waals surface area contributed by atoms with Crippen molar-refractivity contribution in [3.05, 3.63) is 40.6 Å². The molecule has 1 aromatic heterocycles. The van der Waals surface area contributed by atoms with Crippen LogP contribution >= 0.6 is 23.2 Å². The van der Waals surface area contributed by atoms with Crippen molar-refractivity contribution < 1.29 is 4.74 Å². The van der Waals surface area contributed by atoms with Crippen molar-refractivity contribution in [1.29, 1.82) is 0 Å². The first kappa shape index (κ1) is 11.0. The maximum Gasteiger partial charge on any atom is 0.221 e. The number of nitrogens with zero attached hydrogens (tertiary/aromatic N) is 2. The van der Waals surface area contributed by atoms with Crippen molar-refractivity contribution in [3.8, 4) is 11.5 Å². The van der Waals surface area contributed by atoms with Crippen LogP contribution in [0.2, 0.25) is 10.2 Å². The maximum atomic E-state index is 5.83. The first-order chi connectivity index (χ1) is 7.65. The van der Waals surface area contributed by atoms with Crippen LogP contribution in [0.5, 0.6) is 11.5 Å². The van der Waals surface area contributed by atoms with Crippen molar-refractivity contribution in [3.63, 3.8) is 0 Å². The van der Waals surface area contributed by atoms with E-state index in [2.05, 4.69) is 9.97 Å². The van der Waals surface area contributed by atoms with Crippen LogP contribution in [-0.4, -0.2) is 9.97 Å². The van der Waals surface area contributed by atoms with Crippen LogP contribution in [0.3, 0.4) is 0 Å². The van der Waals surface area contributed by atoms with Crippen LogP contribution in [0.4, 0.5) is 5.95 Å². The highest BCUT2D eigenvalue weighted by atomic mass is 35.5. The number of anilines is 1. The second-order valence-electron chi connectivity index (χ2n) is 2.94. The van der Waals surface area contributed by atoms with Gasteiger partial charge in [0.2, 0.25) is 5.95 Å². The minimum absolute atomic E-state index is 0.105. The fourth-order valence-corrected chi connectivity index (χ4v) is 1.36. The number of aromatic nitrogens is 2. The van der Waals surface area contributed by atoms with E-state index in [9.17, 15) is 0 Å². The summed E-state index contributed by atoms with van der Waals surface area (Å²) in [4.78, 5) is 7.55. The Morgan fingerprint density at radius 3 is 2.44 bits per heavy atom. The molecular weight excluding hydrogens is 249 g/mol. The predicted molar refractivity (Wildman–Crippen MR) is 63.0 cm³/mol. The van der Waals surface area contributed by atoms with E-state index in [0.29, 0.717) is 16.5 Å². The molecule has 0 aliphatic heterocycles. The highest BCUT2D eigenvalue weighted by Gasteiger charge is 2.05. The van der Waals surface area contributed by atoms with E-state index in [1.807, 2.05) is 0 Å². The summed E-state index contributed by atoms with van der Waals surface area (Å²) in [7, 11) is 0. The molecule has 1 aromatic carbocycles. The molecule has 1 heterocycles. The van der Waals surface area contributed by atoms with Gasteiger partial charge in [0.05, 0.1) is 6.20 Å². The Morgan fingerprint density at radius 2 is 1.81 bits per heavy atom. The Morgan fingerprint density at radius 1 is 1.12 bits per heavy atom. The summed E-state index contributed by atoms with van der Waals surface area (Å²) in [5, 5.41) is 0.800. The number of nitrogen functional groups attached to an aromatic ring is 1. The summed E-state index contributed by atoms with van der Waals surface area (Å²) >= 11 is 11.6. The molecule has 0 amide bonds. The molecular formula is C10H7Cl2N3O. The summed E-state index contributed by atoms with van der Waals surface area (Å²) in [6, 6.07) is 6.86. The van der Waals surface area contributed by atoms with E-state index < -0.39 is 0 Å². The van der Waals surface area contributed by atoms with Crippen molar-refractivity contribution >= 4 is 29.2 Å². The van der Waals surface area contributed by atoms with Crippen LogP contribution in [0.1, 0.15) is 0 Å². The number of hydrogen-bond donors (Lipinski definition) is 1. The lowest BCUT2D eigenvalue weighted by molar-refractivity contribution is 0.478. The van der Waals surface area contributed by atoms with Gasteiger partial charge in [-0.1, -0.05) is 23.2 Å². The zero-order valence-corrected chi connectivity index (χ0v) is 9.53. The lowest BCUT2D eigenvalue weighted by atomic mass is 10.3. The van der Waals surface area contributed by atoms with E-state index in [-0.39, 0.29) is 11.1 Å². The van der Waals surface area contributed by atoms with E-state index in [0.717, 1.165) is 0 Å². The quantitative estimate of drug-likeness (QED) is 0.838. The molecule has 6 heteroatoms. The number of hydrogen-bond acceptors (Lipinski definition) is 4. The number of ether oxygens (including phenoxy) is 1. The third-order valence-corrected chi connectivity index (χ3v) is 2.29. The highest BCUT2D eigenvalue weighted by molar-refractivity contribution is 6.31. The molecule has 82 valence electrons. The van der Waals surface area contributed by atoms with Gasteiger partial charge >= 0.3 is 0 Å². The van der Waals surface area contributed by atoms with Gasteiger partial charge in [0.15, 0.2) is 10.9 Å². The molecule has 2 aromatic rings. The lowest BCUT2D eigenvalue weighted by Crippen LogP contribution is -1.96. The molecule has 0 bridgehead atoms. The van der Waals surface area contributed by atoms with Crippen molar-refractivity contribution in [2.24, 2.45) is 0 Å². The maximum absolute atomic E-state index is 5.83. The van der Waals surface area contributed by atoms with Gasteiger partial charge in [-0.05, 0) is 24.3 Å². The van der Waals surface area contributed by atoms with E-state index in [4.69, 9.17) is 33.7 Å². The molecule has 0 saturated heterocycles. The van der Waals surface area contributed by atoms with Crippen LogP contribution in [0.25, 0.3) is 0 Å². The average Bonchev–Trinajstić information content (AvgIpc) is 2.25. The van der Waals surface area contributed by atoms with E-state index in [1.165, 1.54) is 6.20 Å². The first-order valence-corrected chi connectivity index (χ1v) is 5.12. The molecule has 0 unspecified atom stereocenters. The summed E-state index contributed by atoms with van der Waals surface area (Å²) in [6.45, 7) is 0. The van der Waals surface area contributed by atoms with Gasteiger partial charge in [0, 0.05) is 5.02 Å². The molecule has 0 aliphatic carbocycles. The van der Waals surface area contributed by atoms with E-state index in [1.54, 1.807) is 24.3 Å². The number of halogens is 2. The number of benzene rings is 1. The molecule has 0 atom stereocenters. The third kappa shape index (κ3) is 2.53. The Labute approximate surface area is 102 Å². The molecule has 0 aliphatic rings. The zero-order valence-electron chi connectivity index (χ0n) is 8.02. The third-order valence-electron chi connectivity index (χ3n) is 1.77. The van der Waals surface area contributed by atoms with Gasteiger partial charge < -0.3 is 10.5 Å². The van der Waals surface area contributed by atoms with Crippen LogP contribution in [0.15, 0.2) is 30.5 Å². The molecule has 2 N–H and O–H groups in total. The van der Waals surface area contributed by atoms with Gasteiger partial charge in [0.1, 0.15) is 5.75 Å². The minimum atomic E-state index is 0.105. The molecule has 0 radical (unpaired) electrons. The fourth-order valence-electron chi connectivity index (χ4n) is 1.06. The van der Waals surface area contributed by atoms with Gasteiger partial charge in [-0.3, -0.25) is 0 Å². The van der Waals surface area contributed by atoms with Gasteiger partial charge in [0.25, 0.3) is 0 Å². The largest absolute Gasteiger partial charge is 0.452 e. The Kier molecular flexibility index (Phi) is 3.12. The Balaban J connectivity index is 2.23. The summed E-state index contributed by atoms with van der Waals surface area (Å²) in [5.41, 5.74) is 5.36. The smallest absolute Gasteiger partial charge is 0.221 e. The summed E-state index contributed by atoms with van der Waals surface area (Å²) in [6.07, 6.45) is 1.42. The SMILES string of the molecule is Nc1ncc(Oc2ccc(Cl)cc2)c(Cl)n1. The molecule has 2 rings (SSSR count). The molecule has 0 fully saturated rings. The van der Waals surface area contributed by atoms with Crippen molar-refractivity contribution in [1.82, 2.24) is 9.97 Å². The van der Waals surface area contributed by atoms with Gasteiger partial charge in [-0.25, -0.2) is 4.98 Å².